The second kappa shape index (κ2) is 4.27. The Labute approximate surface area is 108 Å². The van der Waals surface area contributed by atoms with Gasteiger partial charge in [0.05, 0.1) is 7.11 Å². The van der Waals surface area contributed by atoms with E-state index >= 15 is 0 Å². The molecule has 0 atom stereocenters. The van der Waals surface area contributed by atoms with Crippen LogP contribution in [0.25, 0.3) is 17.0 Å². The van der Waals surface area contributed by atoms with Gasteiger partial charge in [-0.15, -0.1) is 10.2 Å². The third kappa shape index (κ3) is 1.69. The van der Waals surface area contributed by atoms with E-state index < -0.39 is 0 Å². The van der Waals surface area contributed by atoms with E-state index in [1.807, 2.05) is 24.3 Å². The van der Waals surface area contributed by atoms with Crippen molar-refractivity contribution >= 4 is 17.2 Å². The fourth-order valence-corrected chi connectivity index (χ4v) is 1.96. The zero-order valence-corrected chi connectivity index (χ0v) is 10.3. The molecule has 90 valence electrons. The van der Waals surface area contributed by atoms with Gasteiger partial charge in [-0.25, -0.2) is 9.38 Å². The molecule has 0 bridgehead atoms. The third-order valence-corrected chi connectivity index (χ3v) is 2.89. The van der Waals surface area contributed by atoms with Crippen molar-refractivity contribution in [2.45, 2.75) is 0 Å². The van der Waals surface area contributed by atoms with Crippen LogP contribution in [-0.2, 0) is 0 Å². The van der Waals surface area contributed by atoms with Gasteiger partial charge in [0.1, 0.15) is 5.75 Å². The number of hydrogen-bond acceptors (Lipinski definition) is 4. The van der Waals surface area contributed by atoms with E-state index in [9.17, 15) is 0 Å². The number of nitrogens with zero attached hydrogens (tertiary/aromatic N) is 4. The number of halogens is 1. The molecule has 2 aromatic heterocycles. The smallest absolute Gasteiger partial charge is 0.210 e. The molecule has 3 rings (SSSR count). The van der Waals surface area contributed by atoms with Crippen LogP contribution in [0.5, 0.6) is 5.75 Å². The molecule has 0 fully saturated rings. The Morgan fingerprint density at radius 2 is 1.89 bits per heavy atom. The van der Waals surface area contributed by atoms with Crippen LogP contribution < -0.4 is 4.74 Å². The van der Waals surface area contributed by atoms with Crippen molar-refractivity contribution in [3.63, 3.8) is 0 Å². The minimum atomic E-state index is 0.336. The van der Waals surface area contributed by atoms with Crippen LogP contribution in [0, 0.1) is 0 Å². The Balaban J connectivity index is 2.18. The largest absolute Gasteiger partial charge is 0.497 e. The first-order chi connectivity index (χ1) is 8.79. The molecule has 3 aromatic rings. The monoisotopic (exact) mass is 260 g/mol. The second-order valence-corrected chi connectivity index (χ2v) is 4.00. The Kier molecular flexibility index (Phi) is 2.60. The molecule has 0 saturated carbocycles. The van der Waals surface area contributed by atoms with Crippen molar-refractivity contribution in [3.05, 3.63) is 41.8 Å². The van der Waals surface area contributed by atoms with Crippen LogP contribution in [0.1, 0.15) is 0 Å². The number of aromatic nitrogens is 4. The van der Waals surface area contributed by atoms with Crippen molar-refractivity contribution in [2.75, 3.05) is 7.11 Å². The fraction of sp³-hybridized carbons (Fsp3) is 0.0833. The van der Waals surface area contributed by atoms with Crippen molar-refractivity contribution < 1.29 is 4.74 Å². The van der Waals surface area contributed by atoms with Gasteiger partial charge in [-0.3, -0.25) is 0 Å². The zero-order chi connectivity index (χ0) is 12.5. The molecule has 0 aliphatic carbocycles. The summed E-state index contributed by atoms with van der Waals surface area (Å²) < 4.78 is 6.81. The topological polar surface area (TPSA) is 52.3 Å². The molecule has 0 aliphatic heterocycles. The van der Waals surface area contributed by atoms with Gasteiger partial charge >= 0.3 is 0 Å². The first kappa shape index (κ1) is 11.0. The molecule has 18 heavy (non-hydrogen) atoms. The van der Waals surface area contributed by atoms with E-state index in [0.717, 1.165) is 11.3 Å². The van der Waals surface area contributed by atoms with E-state index in [0.29, 0.717) is 16.8 Å². The van der Waals surface area contributed by atoms with Gasteiger partial charge < -0.3 is 4.74 Å². The quantitative estimate of drug-likeness (QED) is 0.664. The third-order valence-electron chi connectivity index (χ3n) is 2.63. The number of methoxy groups -OCH3 is 1. The Hall–Kier alpha value is -2.14. The minimum Gasteiger partial charge on any atom is -0.497 e. The standard InChI is InChI=1S/C12H9ClN4O/c1-18-9-4-2-8(3-5-9)11-16-15-10-6-7-14-12(13)17(10)11/h2-7H,1H3. The zero-order valence-electron chi connectivity index (χ0n) is 9.54. The predicted molar refractivity (Wildman–Crippen MR) is 67.8 cm³/mol. The number of hydrogen-bond donors (Lipinski definition) is 0. The number of benzene rings is 1. The van der Waals surface area contributed by atoms with Crippen LogP contribution in [0.4, 0.5) is 0 Å². The summed E-state index contributed by atoms with van der Waals surface area (Å²) >= 11 is 6.06. The van der Waals surface area contributed by atoms with Crippen molar-refractivity contribution in [1.29, 1.82) is 0 Å². The molecule has 2 heterocycles. The highest BCUT2D eigenvalue weighted by molar-refractivity contribution is 6.28. The Morgan fingerprint density at radius 1 is 1.11 bits per heavy atom. The number of fused-ring (bicyclic) bond motifs is 1. The summed E-state index contributed by atoms with van der Waals surface area (Å²) in [6.07, 6.45) is 1.60. The van der Waals surface area contributed by atoms with Crippen LogP contribution in [0.3, 0.4) is 0 Å². The first-order valence-electron chi connectivity index (χ1n) is 5.29. The average molecular weight is 261 g/mol. The maximum absolute atomic E-state index is 6.06. The summed E-state index contributed by atoms with van der Waals surface area (Å²) in [5.74, 6) is 1.45. The van der Waals surface area contributed by atoms with Crippen LogP contribution in [0.15, 0.2) is 36.5 Å². The van der Waals surface area contributed by atoms with E-state index in [4.69, 9.17) is 16.3 Å². The lowest BCUT2D eigenvalue weighted by molar-refractivity contribution is 0.415. The highest BCUT2D eigenvalue weighted by Gasteiger charge is 2.10. The molecule has 0 radical (unpaired) electrons. The molecule has 0 unspecified atom stereocenters. The lowest BCUT2D eigenvalue weighted by Crippen LogP contribution is -1.93. The van der Waals surface area contributed by atoms with E-state index in [-0.39, 0.29) is 0 Å². The van der Waals surface area contributed by atoms with Crippen LogP contribution in [0.2, 0.25) is 5.28 Å². The SMILES string of the molecule is COc1ccc(-c2nnc3ccnc(Cl)n23)cc1. The van der Waals surface area contributed by atoms with E-state index in [1.165, 1.54) is 0 Å². The van der Waals surface area contributed by atoms with E-state index in [2.05, 4.69) is 15.2 Å². The highest BCUT2D eigenvalue weighted by atomic mass is 35.5. The summed E-state index contributed by atoms with van der Waals surface area (Å²) in [6.45, 7) is 0. The molecule has 5 nitrogen and oxygen atoms in total. The van der Waals surface area contributed by atoms with Crippen LogP contribution in [-0.4, -0.2) is 26.7 Å². The van der Waals surface area contributed by atoms with Gasteiger partial charge in [0.25, 0.3) is 0 Å². The lowest BCUT2D eigenvalue weighted by atomic mass is 10.2. The highest BCUT2D eigenvalue weighted by Crippen LogP contribution is 2.23. The lowest BCUT2D eigenvalue weighted by Gasteiger charge is -2.03. The van der Waals surface area contributed by atoms with Gasteiger partial charge in [0.15, 0.2) is 11.5 Å². The fourth-order valence-electron chi connectivity index (χ4n) is 1.74. The van der Waals surface area contributed by atoms with Gasteiger partial charge in [-0.2, -0.15) is 0 Å². The number of rotatable bonds is 2. The van der Waals surface area contributed by atoms with Crippen molar-refractivity contribution in [1.82, 2.24) is 19.6 Å². The summed E-state index contributed by atoms with van der Waals surface area (Å²) in [6, 6.07) is 9.28. The average Bonchev–Trinajstić information content (AvgIpc) is 2.84. The van der Waals surface area contributed by atoms with Crippen molar-refractivity contribution in [2.24, 2.45) is 0 Å². The molecular formula is C12H9ClN4O. The van der Waals surface area contributed by atoms with Gasteiger partial charge in [-0.05, 0) is 35.9 Å². The van der Waals surface area contributed by atoms with E-state index in [1.54, 1.807) is 23.8 Å². The Bertz CT molecular complexity index is 693. The molecule has 0 aliphatic rings. The molecule has 0 saturated heterocycles. The molecule has 1 aromatic carbocycles. The molecule has 6 heteroatoms. The second-order valence-electron chi connectivity index (χ2n) is 3.66. The summed E-state index contributed by atoms with van der Waals surface area (Å²) in [5, 5.41) is 8.52. The van der Waals surface area contributed by atoms with Crippen molar-refractivity contribution in [3.8, 4) is 17.1 Å². The summed E-state index contributed by atoms with van der Waals surface area (Å²) in [5.41, 5.74) is 1.57. The maximum atomic E-state index is 6.06. The summed E-state index contributed by atoms with van der Waals surface area (Å²) in [4.78, 5) is 4.02. The maximum Gasteiger partial charge on any atom is 0.210 e. The molecule has 0 spiro atoms. The van der Waals surface area contributed by atoms with Gasteiger partial charge in [0.2, 0.25) is 5.28 Å². The minimum absolute atomic E-state index is 0.336. The summed E-state index contributed by atoms with van der Waals surface area (Å²) in [7, 11) is 1.63. The predicted octanol–water partition coefficient (Wildman–Crippen LogP) is 2.45. The Morgan fingerprint density at radius 3 is 2.61 bits per heavy atom. The van der Waals surface area contributed by atoms with Crippen LogP contribution >= 0.6 is 11.6 Å². The normalized spacial score (nSPS) is 10.8. The molecule has 0 amide bonds. The molecule has 0 N–H and O–H groups in total. The van der Waals surface area contributed by atoms with Gasteiger partial charge in [-0.1, -0.05) is 0 Å². The number of ether oxygens (including phenoxy) is 1. The van der Waals surface area contributed by atoms with Gasteiger partial charge in [0, 0.05) is 17.8 Å². The molecular weight excluding hydrogens is 252 g/mol. The first-order valence-corrected chi connectivity index (χ1v) is 5.67.